The summed E-state index contributed by atoms with van der Waals surface area (Å²) in [5, 5.41) is 2.88. The summed E-state index contributed by atoms with van der Waals surface area (Å²) in [7, 11) is 0. The molecule has 0 spiro atoms. The fraction of sp³-hybridized carbons (Fsp3) is 0.429. The molecule has 1 unspecified atom stereocenters. The lowest BCUT2D eigenvalue weighted by molar-refractivity contribution is -0.119. The lowest BCUT2D eigenvalue weighted by Gasteiger charge is -2.17. The van der Waals surface area contributed by atoms with Gasteiger partial charge < -0.3 is 10.1 Å². The van der Waals surface area contributed by atoms with Crippen molar-refractivity contribution in [1.29, 1.82) is 0 Å². The Kier molecular flexibility index (Phi) is 2.77. The minimum absolute atomic E-state index is 0.0349. The molecular formula is C14H17NO2. The molecule has 17 heavy (non-hydrogen) atoms. The van der Waals surface area contributed by atoms with Gasteiger partial charge in [-0.1, -0.05) is 19.1 Å². The maximum absolute atomic E-state index is 11.8. The number of amides is 1. The summed E-state index contributed by atoms with van der Waals surface area (Å²) in [6.45, 7) is 5.86. The number of benzene rings is 1. The van der Waals surface area contributed by atoms with Crippen LogP contribution < -0.4 is 5.32 Å². The number of nitrogens with one attached hydrogen (secondary N) is 1. The molecule has 3 heteroatoms. The first-order chi connectivity index (χ1) is 7.96. The molecule has 1 aromatic carbocycles. The highest BCUT2D eigenvalue weighted by molar-refractivity contribution is 6.05. The number of rotatable bonds is 3. The van der Waals surface area contributed by atoms with Gasteiger partial charge in [0.25, 0.3) is 0 Å². The van der Waals surface area contributed by atoms with Crippen molar-refractivity contribution in [2.45, 2.75) is 38.5 Å². The molecule has 0 fully saturated rings. The van der Waals surface area contributed by atoms with E-state index in [4.69, 9.17) is 0 Å². The van der Waals surface area contributed by atoms with Crippen molar-refractivity contribution in [2.24, 2.45) is 0 Å². The summed E-state index contributed by atoms with van der Waals surface area (Å²) in [6.07, 6.45) is 1.45. The van der Waals surface area contributed by atoms with Crippen molar-refractivity contribution in [3.05, 3.63) is 29.3 Å². The van der Waals surface area contributed by atoms with Crippen molar-refractivity contribution in [2.75, 3.05) is 5.32 Å². The first-order valence-electron chi connectivity index (χ1n) is 5.86. The molecule has 1 heterocycles. The van der Waals surface area contributed by atoms with Gasteiger partial charge in [0.15, 0.2) is 0 Å². The van der Waals surface area contributed by atoms with Crippen LogP contribution in [0.5, 0.6) is 0 Å². The van der Waals surface area contributed by atoms with Gasteiger partial charge in [0.1, 0.15) is 6.29 Å². The second-order valence-corrected chi connectivity index (χ2v) is 5.19. The Balaban J connectivity index is 2.42. The van der Waals surface area contributed by atoms with Gasteiger partial charge in [-0.25, -0.2) is 0 Å². The topological polar surface area (TPSA) is 46.2 Å². The van der Waals surface area contributed by atoms with Crippen LogP contribution in [0, 0.1) is 0 Å². The molecule has 0 saturated carbocycles. The summed E-state index contributed by atoms with van der Waals surface area (Å²) >= 11 is 0. The smallest absolute Gasteiger partial charge is 0.234 e. The summed E-state index contributed by atoms with van der Waals surface area (Å²) in [6, 6.07) is 5.95. The zero-order chi connectivity index (χ0) is 12.6. The van der Waals surface area contributed by atoms with E-state index < -0.39 is 5.41 Å². The van der Waals surface area contributed by atoms with Gasteiger partial charge >= 0.3 is 0 Å². The van der Waals surface area contributed by atoms with Crippen molar-refractivity contribution in [3.8, 4) is 0 Å². The monoisotopic (exact) mass is 231 g/mol. The third kappa shape index (κ3) is 1.86. The van der Waals surface area contributed by atoms with Crippen molar-refractivity contribution in [1.82, 2.24) is 0 Å². The molecule has 1 atom stereocenters. The Hall–Kier alpha value is -1.64. The van der Waals surface area contributed by atoms with Gasteiger partial charge in [0.2, 0.25) is 5.91 Å². The Morgan fingerprint density at radius 2 is 2.12 bits per heavy atom. The Morgan fingerprint density at radius 3 is 2.76 bits per heavy atom. The van der Waals surface area contributed by atoms with Crippen molar-refractivity contribution >= 4 is 17.9 Å². The van der Waals surface area contributed by atoms with Gasteiger partial charge in [-0.15, -0.1) is 0 Å². The highest BCUT2D eigenvalue weighted by Gasteiger charge is 2.38. The third-order valence-corrected chi connectivity index (χ3v) is 3.55. The molecule has 2 rings (SSSR count). The number of hydrogen-bond acceptors (Lipinski definition) is 2. The van der Waals surface area contributed by atoms with E-state index in [0.717, 1.165) is 23.1 Å². The van der Waals surface area contributed by atoms with E-state index in [1.165, 1.54) is 0 Å². The van der Waals surface area contributed by atoms with Gasteiger partial charge in [0.05, 0.1) is 5.41 Å². The highest BCUT2D eigenvalue weighted by atomic mass is 16.2. The van der Waals surface area contributed by atoms with Crippen LogP contribution >= 0.6 is 0 Å². The molecule has 1 aliphatic heterocycles. The first kappa shape index (κ1) is 11.8. The summed E-state index contributed by atoms with van der Waals surface area (Å²) < 4.78 is 0. The molecule has 0 aliphatic carbocycles. The average Bonchev–Trinajstić information content (AvgIpc) is 2.50. The van der Waals surface area contributed by atoms with E-state index in [1.54, 1.807) is 0 Å². The fourth-order valence-electron chi connectivity index (χ4n) is 2.18. The van der Waals surface area contributed by atoms with Gasteiger partial charge in [-0.05, 0) is 37.0 Å². The van der Waals surface area contributed by atoms with E-state index in [9.17, 15) is 9.59 Å². The Labute approximate surface area is 101 Å². The molecule has 0 saturated heterocycles. The average molecular weight is 231 g/mol. The summed E-state index contributed by atoms with van der Waals surface area (Å²) in [5.41, 5.74) is 2.55. The highest BCUT2D eigenvalue weighted by Crippen LogP contribution is 2.38. The molecular weight excluding hydrogens is 214 g/mol. The molecule has 1 N–H and O–H groups in total. The molecule has 90 valence electrons. The lowest BCUT2D eigenvalue weighted by Crippen LogP contribution is -2.26. The normalized spacial score (nSPS) is 18.4. The number of fused-ring (bicyclic) bond motifs is 1. The molecule has 1 aliphatic rings. The van der Waals surface area contributed by atoms with E-state index in [0.29, 0.717) is 6.42 Å². The minimum Gasteiger partial charge on any atom is -0.325 e. The second-order valence-electron chi connectivity index (χ2n) is 5.19. The van der Waals surface area contributed by atoms with Gasteiger partial charge in [0, 0.05) is 12.1 Å². The van der Waals surface area contributed by atoms with Gasteiger partial charge in [-0.3, -0.25) is 4.79 Å². The summed E-state index contributed by atoms with van der Waals surface area (Å²) in [5.74, 6) is 0.233. The van der Waals surface area contributed by atoms with Crippen LogP contribution in [-0.2, 0) is 15.0 Å². The number of hydrogen-bond donors (Lipinski definition) is 1. The van der Waals surface area contributed by atoms with Crippen LogP contribution in [0.15, 0.2) is 18.2 Å². The van der Waals surface area contributed by atoms with Crippen LogP contribution in [0.1, 0.15) is 44.2 Å². The number of carbonyl (C=O) groups is 2. The molecule has 0 aromatic heterocycles. The fourth-order valence-corrected chi connectivity index (χ4v) is 2.18. The zero-order valence-electron chi connectivity index (χ0n) is 10.4. The predicted octanol–water partition coefficient (Wildman–Crippen LogP) is 2.61. The second kappa shape index (κ2) is 3.99. The van der Waals surface area contributed by atoms with Crippen molar-refractivity contribution < 1.29 is 9.59 Å². The first-order valence-corrected chi connectivity index (χ1v) is 5.86. The quantitative estimate of drug-likeness (QED) is 0.813. The van der Waals surface area contributed by atoms with E-state index in [1.807, 2.05) is 39.0 Å². The van der Waals surface area contributed by atoms with Crippen LogP contribution in [0.3, 0.4) is 0 Å². The molecule has 0 bridgehead atoms. The molecule has 3 nitrogen and oxygen atoms in total. The molecule has 0 radical (unpaired) electrons. The van der Waals surface area contributed by atoms with Crippen LogP contribution in [-0.4, -0.2) is 12.2 Å². The lowest BCUT2D eigenvalue weighted by atomic mass is 9.84. The largest absolute Gasteiger partial charge is 0.325 e. The maximum Gasteiger partial charge on any atom is 0.234 e. The SMILES string of the molecule is CC(CC=O)c1ccc2c(c1)C(C)(C)C(=O)N2. The van der Waals surface area contributed by atoms with Crippen LogP contribution in [0.2, 0.25) is 0 Å². The minimum atomic E-state index is -0.480. The molecule has 1 amide bonds. The van der Waals surface area contributed by atoms with E-state index in [-0.39, 0.29) is 11.8 Å². The summed E-state index contributed by atoms with van der Waals surface area (Å²) in [4.78, 5) is 22.3. The number of anilines is 1. The number of carbonyl (C=O) groups excluding carboxylic acids is 2. The standard InChI is InChI=1S/C14H17NO2/c1-9(6-7-16)10-4-5-12-11(8-10)14(2,3)13(17)15-12/h4-5,7-9H,6H2,1-3H3,(H,15,17). The third-order valence-electron chi connectivity index (χ3n) is 3.55. The van der Waals surface area contributed by atoms with Crippen molar-refractivity contribution in [3.63, 3.8) is 0 Å². The van der Waals surface area contributed by atoms with Gasteiger partial charge in [-0.2, -0.15) is 0 Å². The maximum atomic E-state index is 11.8. The Bertz CT molecular complexity index is 477. The van der Waals surface area contributed by atoms with E-state index in [2.05, 4.69) is 5.32 Å². The van der Waals surface area contributed by atoms with Crippen LogP contribution in [0.4, 0.5) is 5.69 Å². The number of aldehydes is 1. The zero-order valence-corrected chi connectivity index (χ0v) is 10.4. The van der Waals surface area contributed by atoms with Crippen LogP contribution in [0.25, 0.3) is 0 Å². The Morgan fingerprint density at radius 1 is 1.41 bits per heavy atom. The predicted molar refractivity (Wildman–Crippen MR) is 67.2 cm³/mol. The molecule has 1 aromatic rings. The van der Waals surface area contributed by atoms with E-state index >= 15 is 0 Å².